The van der Waals surface area contributed by atoms with Crippen molar-refractivity contribution in [1.29, 1.82) is 0 Å². The van der Waals surface area contributed by atoms with E-state index in [0.29, 0.717) is 17.5 Å². The number of nitrogens with two attached hydrogens (primary N) is 1. The van der Waals surface area contributed by atoms with E-state index in [9.17, 15) is 4.79 Å². The van der Waals surface area contributed by atoms with Crippen molar-refractivity contribution < 1.29 is 4.79 Å². The summed E-state index contributed by atoms with van der Waals surface area (Å²) in [6.45, 7) is 6.02. The van der Waals surface area contributed by atoms with Crippen LogP contribution in [0.25, 0.3) is 0 Å². The summed E-state index contributed by atoms with van der Waals surface area (Å²) in [4.78, 5) is 15.8. The van der Waals surface area contributed by atoms with E-state index in [-0.39, 0.29) is 5.91 Å². The van der Waals surface area contributed by atoms with E-state index in [4.69, 9.17) is 5.73 Å². The predicted molar refractivity (Wildman–Crippen MR) is 63.1 cm³/mol. The Balaban J connectivity index is 2.61. The van der Waals surface area contributed by atoms with Gasteiger partial charge in [0, 0.05) is 5.38 Å². The van der Waals surface area contributed by atoms with Crippen molar-refractivity contribution >= 4 is 22.4 Å². The third kappa shape index (κ3) is 3.28. The highest BCUT2D eigenvalue weighted by Gasteiger charge is 2.13. The number of nitrogens with one attached hydrogen (secondary N) is 1. The minimum absolute atomic E-state index is 0.165. The van der Waals surface area contributed by atoms with Crippen LogP contribution in [0.1, 0.15) is 38.8 Å². The van der Waals surface area contributed by atoms with Crippen LogP contribution in [0.15, 0.2) is 5.38 Å². The van der Waals surface area contributed by atoms with E-state index in [1.54, 1.807) is 0 Å². The van der Waals surface area contributed by atoms with Crippen LogP contribution in [0.3, 0.4) is 0 Å². The molecule has 0 unspecified atom stereocenters. The Kier molecular flexibility index (Phi) is 4.23. The van der Waals surface area contributed by atoms with Crippen LogP contribution in [0.5, 0.6) is 0 Å². The molecule has 0 aliphatic heterocycles. The summed E-state index contributed by atoms with van der Waals surface area (Å²) in [5, 5.41) is 5.30. The average Bonchev–Trinajstić information content (AvgIpc) is 2.65. The zero-order valence-electron chi connectivity index (χ0n) is 9.28. The molecule has 84 valence electrons. The summed E-state index contributed by atoms with van der Waals surface area (Å²) in [5.74, 6) is 0.217. The van der Waals surface area contributed by atoms with E-state index in [0.717, 1.165) is 5.69 Å². The molecular weight excluding hydrogens is 210 g/mol. The first-order chi connectivity index (χ1) is 7.04. The van der Waals surface area contributed by atoms with E-state index in [1.165, 1.54) is 11.3 Å². The van der Waals surface area contributed by atoms with Gasteiger partial charge in [-0.25, -0.2) is 4.98 Å². The topological polar surface area (TPSA) is 68.0 Å². The number of carbonyl (C=O) groups is 1. The predicted octanol–water partition coefficient (Wildman–Crippen LogP) is 1.94. The third-order valence-electron chi connectivity index (χ3n) is 2.12. The second-order valence-corrected chi connectivity index (χ2v) is 4.59. The first-order valence-corrected chi connectivity index (χ1v) is 5.94. The van der Waals surface area contributed by atoms with Crippen molar-refractivity contribution in [1.82, 2.24) is 4.98 Å². The molecule has 15 heavy (non-hydrogen) atoms. The molecule has 0 aliphatic rings. The summed E-state index contributed by atoms with van der Waals surface area (Å²) in [6.07, 6.45) is 0.633. The summed E-state index contributed by atoms with van der Waals surface area (Å²) in [7, 11) is 0. The first-order valence-electron chi connectivity index (χ1n) is 5.06. The smallest absolute Gasteiger partial charge is 0.243 e. The average molecular weight is 227 g/mol. The zero-order valence-corrected chi connectivity index (χ0v) is 10.1. The number of aromatic nitrogens is 1. The molecule has 1 atom stereocenters. The maximum absolute atomic E-state index is 11.5. The van der Waals surface area contributed by atoms with Crippen LogP contribution in [-0.2, 0) is 4.79 Å². The quantitative estimate of drug-likeness (QED) is 0.826. The Bertz CT molecular complexity index is 335. The molecule has 1 heterocycles. The van der Waals surface area contributed by atoms with Crippen molar-refractivity contribution in [3.05, 3.63) is 11.1 Å². The molecule has 0 spiro atoms. The Labute approximate surface area is 93.9 Å². The van der Waals surface area contributed by atoms with Gasteiger partial charge in [-0.1, -0.05) is 20.8 Å². The van der Waals surface area contributed by atoms with E-state index >= 15 is 0 Å². The number of hydrogen-bond acceptors (Lipinski definition) is 4. The van der Waals surface area contributed by atoms with Crippen molar-refractivity contribution in [2.45, 2.75) is 39.2 Å². The number of amides is 1. The van der Waals surface area contributed by atoms with Gasteiger partial charge < -0.3 is 11.1 Å². The molecule has 0 aliphatic carbocycles. The zero-order chi connectivity index (χ0) is 11.4. The molecule has 0 fully saturated rings. The maximum Gasteiger partial charge on any atom is 0.243 e. The van der Waals surface area contributed by atoms with Crippen LogP contribution in [0.4, 0.5) is 5.13 Å². The monoisotopic (exact) mass is 227 g/mol. The van der Waals surface area contributed by atoms with E-state index in [1.807, 2.05) is 12.3 Å². The lowest BCUT2D eigenvalue weighted by Gasteiger charge is -2.07. The summed E-state index contributed by atoms with van der Waals surface area (Å²) in [5.41, 5.74) is 6.60. The lowest BCUT2D eigenvalue weighted by Crippen LogP contribution is -2.34. The second-order valence-electron chi connectivity index (χ2n) is 3.74. The fraction of sp³-hybridized carbons (Fsp3) is 0.600. The molecule has 1 aromatic heterocycles. The number of carbonyl (C=O) groups excluding carboxylic acids is 1. The molecule has 0 saturated heterocycles. The number of anilines is 1. The van der Waals surface area contributed by atoms with Crippen molar-refractivity contribution in [3.8, 4) is 0 Å². The van der Waals surface area contributed by atoms with Gasteiger partial charge in [0.15, 0.2) is 5.13 Å². The standard InChI is InChI=1S/C10H17N3OS/c1-4-7(11)9(14)13-10-12-8(5-15-10)6(2)3/h5-7H,4,11H2,1-3H3,(H,12,13,14)/t7-/m1/s1. The normalized spacial score (nSPS) is 12.9. The summed E-state index contributed by atoms with van der Waals surface area (Å²) >= 11 is 1.44. The largest absolute Gasteiger partial charge is 0.320 e. The fourth-order valence-electron chi connectivity index (χ4n) is 0.992. The molecule has 0 bridgehead atoms. The Morgan fingerprint density at radius 1 is 1.67 bits per heavy atom. The molecule has 5 heteroatoms. The molecule has 0 radical (unpaired) electrons. The van der Waals surface area contributed by atoms with E-state index in [2.05, 4.69) is 24.1 Å². The second kappa shape index (κ2) is 5.23. The van der Waals surface area contributed by atoms with Gasteiger partial charge in [-0.3, -0.25) is 4.79 Å². The van der Waals surface area contributed by atoms with Crippen molar-refractivity contribution in [2.24, 2.45) is 5.73 Å². The maximum atomic E-state index is 11.5. The number of rotatable bonds is 4. The van der Waals surface area contributed by atoms with Crippen LogP contribution in [-0.4, -0.2) is 16.9 Å². The van der Waals surface area contributed by atoms with Crippen molar-refractivity contribution in [2.75, 3.05) is 5.32 Å². The first kappa shape index (κ1) is 12.1. The Morgan fingerprint density at radius 3 is 2.80 bits per heavy atom. The molecule has 1 amide bonds. The van der Waals surface area contributed by atoms with Gasteiger partial charge in [-0.2, -0.15) is 0 Å². The lowest BCUT2D eigenvalue weighted by molar-refractivity contribution is -0.117. The molecule has 1 rings (SSSR count). The van der Waals surface area contributed by atoms with Gasteiger partial charge >= 0.3 is 0 Å². The summed E-state index contributed by atoms with van der Waals surface area (Å²) in [6, 6.07) is -0.448. The van der Waals surface area contributed by atoms with Gasteiger partial charge in [0.1, 0.15) is 0 Å². The number of nitrogens with zero attached hydrogens (tertiary/aromatic N) is 1. The highest BCUT2D eigenvalue weighted by molar-refractivity contribution is 7.13. The minimum Gasteiger partial charge on any atom is -0.320 e. The Morgan fingerprint density at radius 2 is 2.33 bits per heavy atom. The van der Waals surface area contributed by atoms with Crippen molar-refractivity contribution in [3.63, 3.8) is 0 Å². The highest BCUT2D eigenvalue weighted by atomic mass is 32.1. The number of thiazole rings is 1. The van der Waals surface area contributed by atoms with Crippen LogP contribution in [0, 0.1) is 0 Å². The molecule has 0 saturated carbocycles. The van der Waals surface area contributed by atoms with E-state index < -0.39 is 6.04 Å². The Hall–Kier alpha value is -0.940. The highest BCUT2D eigenvalue weighted by Crippen LogP contribution is 2.21. The molecule has 0 aromatic carbocycles. The molecule has 1 aromatic rings. The van der Waals surface area contributed by atoms with Crippen LogP contribution in [0.2, 0.25) is 0 Å². The molecule has 3 N–H and O–H groups in total. The summed E-state index contributed by atoms with van der Waals surface area (Å²) < 4.78 is 0. The van der Waals surface area contributed by atoms with Gasteiger partial charge in [0.2, 0.25) is 5.91 Å². The lowest BCUT2D eigenvalue weighted by atomic mass is 10.2. The van der Waals surface area contributed by atoms with Gasteiger partial charge in [0.05, 0.1) is 11.7 Å². The minimum atomic E-state index is -0.448. The molecule has 4 nitrogen and oxygen atoms in total. The van der Waals surface area contributed by atoms with Crippen LogP contribution >= 0.6 is 11.3 Å². The number of hydrogen-bond donors (Lipinski definition) is 2. The van der Waals surface area contributed by atoms with Gasteiger partial charge in [-0.15, -0.1) is 11.3 Å². The SMILES string of the molecule is CC[C@@H](N)C(=O)Nc1nc(C(C)C)cs1. The van der Waals surface area contributed by atoms with Gasteiger partial charge in [0.25, 0.3) is 0 Å². The van der Waals surface area contributed by atoms with Gasteiger partial charge in [-0.05, 0) is 12.3 Å². The fourth-order valence-corrected chi connectivity index (χ4v) is 1.87. The third-order valence-corrected chi connectivity index (χ3v) is 2.90. The van der Waals surface area contributed by atoms with Crippen LogP contribution < -0.4 is 11.1 Å². The molecular formula is C10H17N3OS.